The maximum Gasteiger partial charge on any atom is 0.207 e. The van der Waals surface area contributed by atoms with E-state index in [0.29, 0.717) is 5.11 Å². The molecule has 0 aromatic rings. The van der Waals surface area contributed by atoms with Gasteiger partial charge in [-0.3, -0.25) is 5.43 Å². The zero-order chi connectivity index (χ0) is 6.41. The number of hydrogen-bond acceptors (Lipinski definition) is 3. The van der Waals surface area contributed by atoms with Gasteiger partial charge in [-0.05, 0) is 18.5 Å². The number of rotatable bonds is 1. The van der Waals surface area contributed by atoms with Gasteiger partial charge in [0.25, 0.3) is 0 Å². The van der Waals surface area contributed by atoms with Gasteiger partial charge in [-0.25, -0.2) is 10.8 Å². The van der Waals surface area contributed by atoms with Gasteiger partial charge in [-0.2, -0.15) is 0 Å². The second kappa shape index (κ2) is 8.60. The molecule has 6 heteroatoms. The first-order valence-corrected chi connectivity index (χ1v) is 3.56. The SMILES string of the molecule is CSC=NC(=S)NN.I. The summed E-state index contributed by atoms with van der Waals surface area (Å²) in [5.74, 6) is 4.90. The van der Waals surface area contributed by atoms with Crippen LogP contribution < -0.4 is 11.3 Å². The Morgan fingerprint density at radius 2 is 2.44 bits per heavy atom. The number of thioether (sulfide) groups is 1. The predicted octanol–water partition coefficient (Wildman–Crippen LogP) is 0.744. The zero-order valence-electron chi connectivity index (χ0n) is 4.83. The van der Waals surface area contributed by atoms with Crippen LogP contribution in [-0.2, 0) is 0 Å². The molecule has 0 atom stereocenters. The third-order valence-electron chi connectivity index (χ3n) is 0.399. The third-order valence-corrected chi connectivity index (χ3v) is 0.938. The molecule has 0 spiro atoms. The van der Waals surface area contributed by atoms with Crippen LogP contribution >= 0.6 is 48.0 Å². The summed E-state index contributed by atoms with van der Waals surface area (Å²) in [6.07, 6.45) is 1.89. The topological polar surface area (TPSA) is 50.4 Å². The van der Waals surface area contributed by atoms with Crippen LogP contribution in [0.4, 0.5) is 0 Å². The maximum atomic E-state index is 4.90. The van der Waals surface area contributed by atoms with E-state index >= 15 is 0 Å². The normalized spacial score (nSPS) is 8.67. The molecule has 0 aromatic carbocycles. The standard InChI is InChI=1S/C3H7N3S2.HI/c1-8-2-5-3(7)6-4;/h2H,4H2,1H3,(H,6,7);1H. The van der Waals surface area contributed by atoms with Crippen LogP contribution in [-0.4, -0.2) is 16.9 Å². The van der Waals surface area contributed by atoms with Crippen LogP contribution in [0.2, 0.25) is 0 Å². The summed E-state index contributed by atoms with van der Waals surface area (Å²) >= 11 is 6.04. The van der Waals surface area contributed by atoms with Gasteiger partial charge in [0.15, 0.2) is 0 Å². The molecular formula is C3H8IN3S2. The Kier molecular flexibility index (Phi) is 11.7. The highest BCUT2D eigenvalue weighted by Crippen LogP contribution is 1.82. The zero-order valence-corrected chi connectivity index (χ0v) is 8.79. The van der Waals surface area contributed by atoms with Gasteiger partial charge < -0.3 is 0 Å². The molecule has 54 valence electrons. The molecule has 9 heavy (non-hydrogen) atoms. The molecule has 0 saturated heterocycles. The van der Waals surface area contributed by atoms with Gasteiger partial charge in [0.1, 0.15) is 0 Å². The van der Waals surface area contributed by atoms with E-state index in [0.717, 1.165) is 0 Å². The van der Waals surface area contributed by atoms with Crippen molar-refractivity contribution < 1.29 is 0 Å². The maximum absolute atomic E-state index is 4.90. The highest BCUT2D eigenvalue weighted by molar-refractivity contribution is 14.0. The smallest absolute Gasteiger partial charge is 0.207 e. The Bertz CT molecular complexity index is 105. The summed E-state index contributed by atoms with van der Waals surface area (Å²) in [6, 6.07) is 0. The molecule has 0 fully saturated rings. The van der Waals surface area contributed by atoms with Crippen molar-refractivity contribution in [3.8, 4) is 0 Å². The Balaban J connectivity index is 0. The van der Waals surface area contributed by atoms with Gasteiger partial charge >= 0.3 is 0 Å². The van der Waals surface area contributed by atoms with Crippen LogP contribution in [0.25, 0.3) is 0 Å². The van der Waals surface area contributed by atoms with Crippen LogP contribution in [0.15, 0.2) is 4.99 Å². The molecule has 0 aliphatic rings. The van der Waals surface area contributed by atoms with Crippen molar-refractivity contribution in [1.29, 1.82) is 0 Å². The van der Waals surface area contributed by atoms with Crippen LogP contribution in [0.3, 0.4) is 0 Å². The summed E-state index contributed by atoms with van der Waals surface area (Å²) < 4.78 is 0. The largest absolute Gasteiger partial charge is 0.299 e. The summed E-state index contributed by atoms with van der Waals surface area (Å²) in [5, 5.41) is 0.305. The number of halogens is 1. The summed E-state index contributed by atoms with van der Waals surface area (Å²) in [5.41, 5.74) is 3.83. The fourth-order valence-electron chi connectivity index (χ4n) is 0.138. The van der Waals surface area contributed by atoms with Gasteiger partial charge in [-0.1, -0.05) is 0 Å². The Labute approximate surface area is 80.9 Å². The molecule has 0 aromatic heterocycles. The molecular weight excluding hydrogens is 269 g/mol. The highest BCUT2D eigenvalue weighted by atomic mass is 127. The number of nitrogens with two attached hydrogens (primary N) is 1. The molecule has 0 amide bonds. The minimum Gasteiger partial charge on any atom is -0.299 e. The minimum atomic E-state index is 0. The average molecular weight is 277 g/mol. The number of thiocarbonyl (C=S) groups is 1. The lowest BCUT2D eigenvalue weighted by molar-refractivity contribution is 1.04. The van der Waals surface area contributed by atoms with Crippen molar-refractivity contribution >= 4 is 58.6 Å². The van der Waals surface area contributed by atoms with Crippen LogP contribution in [0.5, 0.6) is 0 Å². The lowest BCUT2D eigenvalue weighted by Crippen LogP contribution is -2.26. The summed E-state index contributed by atoms with van der Waals surface area (Å²) in [7, 11) is 0. The van der Waals surface area contributed by atoms with Crippen molar-refractivity contribution in [3.63, 3.8) is 0 Å². The second-order valence-electron chi connectivity index (χ2n) is 0.920. The first-order chi connectivity index (χ1) is 3.81. The van der Waals surface area contributed by atoms with E-state index in [1.54, 1.807) is 5.55 Å². The fourth-order valence-corrected chi connectivity index (χ4v) is 0.468. The minimum absolute atomic E-state index is 0. The quantitative estimate of drug-likeness (QED) is 0.185. The molecule has 0 radical (unpaired) electrons. The molecule has 0 bridgehead atoms. The average Bonchev–Trinajstić information content (AvgIpc) is 1.83. The number of hydrazine groups is 1. The predicted molar refractivity (Wildman–Crippen MR) is 57.3 cm³/mol. The van der Waals surface area contributed by atoms with E-state index in [1.807, 2.05) is 6.26 Å². The summed E-state index contributed by atoms with van der Waals surface area (Å²) in [4.78, 5) is 3.69. The van der Waals surface area contributed by atoms with E-state index in [2.05, 4.69) is 22.6 Å². The Hall–Kier alpha value is 0.600. The molecule has 0 aliphatic heterocycles. The first kappa shape index (κ1) is 12.3. The van der Waals surface area contributed by atoms with Crippen molar-refractivity contribution in [1.82, 2.24) is 5.43 Å². The second-order valence-corrected chi connectivity index (χ2v) is 1.99. The van der Waals surface area contributed by atoms with Gasteiger partial charge in [0.2, 0.25) is 5.11 Å². The van der Waals surface area contributed by atoms with Crippen molar-refractivity contribution in [2.45, 2.75) is 0 Å². The lowest BCUT2D eigenvalue weighted by atomic mass is 11.1. The number of nitrogens with one attached hydrogen (secondary N) is 1. The Morgan fingerprint density at radius 1 is 1.89 bits per heavy atom. The van der Waals surface area contributed by atoms with Gasteiger partial charge in [-0.15, -0.1) is 35.7 Å². The molecule has 3 nitrogen and oxygen atoms in total. The van der Waals surface area contributed by atoms with Crippen molar-refractivity contribution in [2.24, 2.45) is 10.8 Å². The van der Waals surface area contributed by atoms with Gasteiger partial charge in [0, 0.05) is 0 Å². The molecule has 0 heterocycles. The fraction of sp³-hybridized carbons (Fsp3) is 0.333. The summed E-state index contributed by atoms with van der Waals surface area (Å²) in [6.45, 7) is 0. The van der Waals surface area contributed by atoms with Crippen molar-refractivity contribution in [3.05, 3.63) is 0 Å². The number of aliphatic imine (C=N–C) groups is 1. The van der Waals surface area contributed by atoms with Gasteiger partial charge in [0.05, 0.1) is 5.55 Å². The molecule has 0 rings (SSSR count). The van der Waals surface area contributed by atoms with Crippen LogP contribution in [0, 0.1) is 0 Å². The Morgan fingerprint density at radius 3 is 2.78 bits per heavy atom. The van der Waals surface area contributed by atoms with E-state index in [1.165, 1.54) is 11.8 Å². The number of nitrogens with zero attached hydrogens (tertiary/aromatic N) is 1. The van der Waals surface area contributed by atoms with E-state index in [9.17, 15) is 0 Å². The highest BCUT2D eigenvalue weighted by Gasteiger charge is 1.79. The van der Waals surface area contributed by atoms with Crippen molar-refractivity contribution in [2.75, 3.05) is 6.26 Å². The molecule has 0 aliphatic carbocycles. The molecule has 0 unspecified atom stereocenters. The van der Waals surface area contributed by atoms with E-state index in [-0.39, 0.29) is 24.0 Å². The molecule has 3 N–H and O–H groups in total. The van der Waals surface area contributed by atoms with E-state index in [4.69, 9.17) is 5.84 Å². The lowest BCUT2D eigenvalue weighted by Gasteiger charge is -1.89. The third kappa shape index (κ3) is 8.60. The monoisotopic (exact) mass is 277 g/mol. The number of hydrogen-bond donors (Lipinski definition) is 2. The molecule has 0 saturated carbocycles. The first-order valence-electron chi connectivity index (χ1n) is 1.87. The van der Waals surface area contributed by atoms with Crippen LogP contribution in [0.1, 0.15) is 0 Å². The van der Waals surface area contributed by atoms with E-state index < -0.39 is 0 Å².